The van der Waals surface area contributed by atoms with Crippen molar-refractivity contribution in [2.24, 2.45) is 23.2 Å². The molecule has 9 heteroatoms. The number of esters is 2. The van der Waals surface area contributed by atoms with E-state index in [1.807, 2.05) is 6.92 Å². The molecule has 0 N–H and O–H groups in total. The smallest absolute Gasteiger partial charge is 0.303 e. The van der Waals surface area contributed by atoms with E-state index in [4.69, 9.17) is 28.4 Å². The number of carbonyl (C=O) groups is 2. The van der Waals surface area contributed by atoms with E-state index >= 15 is 0 Å². The first kappa shape index (κ1) is 36.9. The quantitative estimate of drug-likeness (QED) is 0.0504. The Morgan fingerprint density at radius 2 is 1.77 bits per heavy atom. The monoisotopic (exact) mass is 636 g/mol. The molecule has 1 unspecified atom stereocenters. The summed E-state index contributed by atoms with van der Waals surface area (Å²) in [6.45, 7) is 16.7. The Bertz CT molecular complexity index is 959. The fourth-order valence-corrected chi connectivity index (χ4v) is 8.16. The predicted molar refractivity (Wildman–Crippen MR) is 175 cm³/mol. The zero-order valence-corrected chi connectivity index (χ0v) is 29.6. The second-order valence-corrected chi connectivity index (χ2v) is 19.9. The van der Waals surface area contributed by atoms with Gasteiger partial charge in [-0.15, -0.1) is 0 Å². The van der Waals surface area contributed by atoms with E-state index < -0.39 is 13.5 Å². The van der Waals surface area contributed by atoms with Crippen LogP contribution in [0.15, 0.2) is 23.8 Å². The Balaban J connectivity index is 1.88. The molecule has 1 heterocycles. The van der Waals surface area contributed by atoms with Gasteiger partial charge < -0.3 is 28.4 Å². The van der Waals surface area contributed by atoms with E-state index in [-0.39, 0.29) is 42.3 Å². The standard InChI is InChI=1S/C35H60O8Si/c1-8-10-11-12-13-14-15-28-20-32-34(43-27(4)37)31(30(28)16-17-38-25-39-18-19-44(5,6)7)21-29(42-26(3)36)22-35(32)23-33(40-9-2)41-24-35/h8,10,20,28-31,33-34H,9,11-19,21-25H2,1-7H3/b10-8+/t28-,29+,30+,31-,33?,34+,35+/m0/s1. The van der Waals surface area contributed by atoms with E-state index in [1.54, 1.807) is 0 Å². The van der Waals surface area contributed by atoms with Gasteiger partial charge in [0.1, 0.15) is 19.0 Å². The minimum Gasteiger partial charge on any atom is -0.463 e. The molecule has 1 aliphatic heterocycles. The summed E-state index contributed by atoms with van der Waals surface area (Å²) >= 11 is 0. The van der Waals surface area contributed by atoms with Crippen molar-refractivity contribution in [1.29, 1.82) is 0 Å². The van der Waals surface area contributed by atoms with Crippen molar-refractivity contribution in [3.8, 4) is 0 Å². The molecule has 0 aromatic carbocycles. The molecule has 2 bridgehead atoms. The topological polar surface area (TPSA) is 89.5 Å². The number of carbonyl (C=O) groups excluding carboxylic acids is 2. The third-order valence-corrected chi connectivity index (χ3v) is 11.1. The second-order valence-electron chi connectivity index (χ2n) is 14.2. The average molecular weight is 637 g/mol. The Kier molecular flexibility index (Phi) is 15.1. The van der Waals surface area contributed by atoms with Gasteiger partial charge in [-0.3, -0.25) is 9.59 Å². The van der Waals surface area contributed by atoms with Gasteiger partial charge in [0.05, 0.1) is 6.61 Å². The minimum absolute atomic E-state index is 0.0122. The van der Waals surface area contributed by atoms with Gasteiger partial charge in [-0.05, 0) is 75.8 Å². The highest BCUT2D eigenvalue weighted by Gasteiger charge is 2.56. The summed E-state index contributed by atoms with van der Waals surface area (Å²) in [5.74, 6) is -0.0375. The molecule has 7 atom stereocenters. The lowest BCUT2D eigenvalue weighted by molar-refractivity contribution is -0.153. The molecule has 0 aromatic rings. The van der Waals surface area contributed by atoms with E-state index in [1.165, 1.54) is 26.7 Å². The maximum absolute atomic E-state index is 12.6. The number of unbranched alkanes of at least 4 members (excludes halogenated alkanes) is 3. The summed E-state index contributed by atoms with van der Waals surface area (Å²) in [5.41, 5.74) is 0.727. The Morgan fingerprint density at radius 1 is 1.02 bits per heavy atom. The van der Waals surface area contributed by atoms with Gasteiger partial charge in [0.2, 0.25) is 0 Å². The van der Waals surface area contributed by atoms with Gasteiger partial charge in [0, 0.05) is 59.5 Å². The Labute approximate surface area is 267 Å². The van der Waals surface area contributed by atoms with Gasteiger partial charge in [-0.25, -0.2) is 0 Å². The largest absolute Gasteiger partial charge is 0.463 e. The van der Waals surface area contributed by atoms with Crippen molar-refractivity contribution >= 4 is 20.0 Å². The highest BCUT2D eigenvalue weighted by atomic mass is 28.3. The van der Waals surface area contributed by atoms with Crippen LogP contribution in [0.2, 0.25) is 25.7 Å². The molecule has 8 nitrogen and oxygen atoms in total. The zero-order chi connectivity index (χ0) is 32.2. The maximum atomic E-state index is 12.6. The van der Waals surface area contributed by atoms with Crippen molar-refractivity contribution < 1.29 is 38.0 Å². The molecule has 44 heavy (non-hydrogen) atoms. The minimum atomic E-state index is -1.15. The molecule has 0 radical (unpaired) electrons. The molecule has 3 aliphatic rings. The number of hydrogen-bond acceptors (Lipinski definition) is 8. The van der Waals surface area contributed by atoms with Crippen molar-refractivity contribution in [3.05, 3.63) is 23.8 Å². The van der Waals surface area contributed by atoms with Gasteiger partial charge in [0.15, 0.2) is 6.29 Å². The van der Waals surface area contributed by atoms with Crippen LogP contribution in [0.1, 0.15) is 85.5 Å². The summed E-state index contributed by atoms with van der Waals surface area (Å²) in [5, 5.41) is 0. The first-order valence-electron chi connectivity index (χ1n) is 17.0. The highest BCUT2D eigenvalue weighted by Crippen LogP contribution is 2.56. The fourth-order valence-electron chi connectivity index (χ4n) is 7.40. The molecule has 1 saturated carbocycles. The molecule has 2 fully saturated rings. The van der Waals surface area contributed by atoms with Gasteiger partial charge >= 0.3 is 11.9 Å². The number of rotatable bonds is 18. The maximum Gasteiger partial charge on any atom is 0.303 e. The van der Waals surface area contributed by atoms with Gasteiger partial charge in [0.25, 0.3) is 0 Å². The molecule has 0 amide bonds. The van der Waals surface area contributed by atoms with E-state index in [0.717, 1.165) is 43.9 Å². The fraction of sp³-hybridized carbons (Fsp3) is 0.829. The molecule has 252 valence electrons. The first-order chi connectivity index (χ1) is 21.0. The lowest BCUT2D eigenvalue weighted by atomic mass is 9.63. The number of allylic oxidation sites excluding steroid dienone is 3. The van der Waals surface area contributed by atoms with Crippen LogP contribution in [0.25, 0.3) is 0 Å². The molecule has 3 rings (SSSR count). The van der Waals surface area contributed by atoms with Crippen molar-refractivity contribution in [3.63, 3.8) is 0 Å². The highest BCUT2D eigenvalue weighted by molar-refractivity contribution is 6.76. The Morgan fingerprint density at radius 3 is 2.45 bits per heavy atom. The molecule has 0 aromatic heterocycles. The van der Waals surface area contributed by atoms with Crippen molar-refractivity contribution in [2.45, 2.75) is 130 Å². The summed E-state index contributed by atoms with van der Waals surface area (Å²) in [6.07, 6.45) is 14.2. The molecule has 1 saturated heterocycles. The van der Waals surface area contributed by atoms with Crippen LogP contribution in [0, 0.1) is 23.2 Å². The van der Waals surface area contributed by atoms with Crippen molar-refractivity contribution in [1.82, 2.24) is 0 Å². The second kappa shape index (κ2) is 18.0. The molecular weight excluding hydrogens is 576 g/mol. The normalized spacial score (nSPS) is 30.4. The van der Waals surface area contributed by atoms with Gasteiger partial charge in [-0.2, -0.15) is 0 Å². The summed E-state index contributed by atoms with van der Waals surface area (Å²) in [6, 6.07) is 1.11. The lowest BCUT2D eigenvalue weighted by Gasteiger charge is -2.44. The van der Waals surface area contributed by atoms with Crippen LogP contribution in [-0.2, 0) is 38.0 Å². The van der Waals surface area contributed by atoms with Gasteiger partial charge in [-0.1, -0.05) is 50.7 Å². The van der Waals surface area contributed by atoms with E-state index in [2.05, 4.69) is 44.8 Å². The van der Waals surface area contributed by atoms with Crippen molar-refractivity contribution in [2.75, 3.05) is 33.2 Å². The number of fused-ring (bicyclic) bond motifs is 3. The Hall–Kier alpha value is -1.52. The van der Waals surface area contributed by atoms with Crippen LogP contribution in [-0.4, -0.2) is 71.7 Å². The zero-order valence-electron chi connectivity index (χ0n) is 28.6. The third kappa shape index (κ3) is 11.4. The van der Waals surface area contributed by atoms with E-state index in [9.17, 15) is 9.59 Å². The summed E-state index contributed by atoms with van der Waals surface area (Å²) in [4.78, 5) is 24.9. The SMILES string of the molecule is C/C=C/CCCCC[C@H]1C=C2[C@H](OC(C)=O)[C@@H](C[C@@H](OC(C)=O)C[C@@]23COC(OCC)C3)[C@@H]1CCOCOCC[Si](C)(C)C. The lowest BCUT2D eigenvalue weighted by Crippen LogP contribution is -2.44. The van der Waals surface area contributed by atoms with Crippen LogP contribution in [0.5, 0.6) is 0 Å². The summed E-state index contributed by atoms with van der Waals surface area (Å²) < 4.78 is 36.1. The number of hydrogen-bond donors (Lipinski definition) is 0. The first-order valence-corrected chi connectivity index (χ1v) is 20.7. The molecule has 1 spiro atoms. The van der Waals surface area contributed by atoms with Crippen LogP contribution < -0.4 is 0 Å². The van der Waals surface area contributed by atoms with E-state index in [0.29, 0.717) is 51.8 Å². The third-order valence-electron chi connectivity index (χ3n) is 9.44. The molecular formula is C35H60O8Si. The predicted octanol–water partition coefficient (Wildman–Crippen LogP) is 7.45. The summed E-state index contributed by atoms with van der Waals surface area (Å²) in [7, 11) is -1.15. The average Bonchev–Trinajstić information content (AvgIpc) is 3.31. The van der Waals surface area contributed by atoms with Crippen LogP contribution in [0.4, 0.5) is 0 Å². The van der Waals surface area contributed by atoms with Crippen LogP contribution in [0.3, 0.4) is 0 Å². The number of ether oxygens (including phenoxy) is 6. The van der Waals surface area contributed by atoms with Crippen LogP contribution >= 0.6 is 0 Å². The molecule has 2 aliphatic carbocycles.